The summed E-state index contributed by atoms with van der Waals surface area (Å²) in [4.78, 5) is 12.0. The molecule has 7 heteroatoms. The first kappa shape index (κ1) is 20.9. The van der Waals surface area contributed by atoms with Crippen molar-refractivity contribution >= 4 is 34.8 Å². The van der Waals surface area contributed by atoms with Crippen molar-refractivity contribution in [2.45, 2.75) is 20.4 Å². The minimum absolute atomic E-state index is 0.119. The predicted octanol–water partition coefficient (Wildman–Crippen LogP) is 4.79. The van der Waals surface area contributed by atoms with E-state index in [0.29, 0.717) is 23.1 Å². The molecule has 0 saturated heterocycles. The highest BCUT2D eigenvalue weighted by atomic mass is 35.5. The number of furan rings is 1. The Kier molecular flexibility index (Phi) is 6.90. The summed E-state index contributed by atoms with van der Waals surface area (Å²) < 4.78 is 11.3. The van der Waals surface area contributed by atoms with Gasteiger partial charge in [-0.05, 0) is 85.7 Å². The zero-order valence-electron chi connectivity index (χ0n) is 16.1. The number of halogens is 1. The minimum Gasteiger partial charge on any atom is -0.484 e. The van der Waals surface area contributed by atoms with Gasteiger partial charge in [-0.2, -0.15) is 0 Å². The van der Waals surface area contributed by atoms with E-state index in [2.05, 4.69) is 10.6 Å². The highest BCUT2D eigenvalue weighted by Crippen LogP contribution is 2.23. The molecule has 2 aromatic carbocycles. The van der Waals surface area contributed by atoms with Gasteiger partial charge in [0.05, 0.1) is 6.54 Å². The van der Waals surface area contributed by atoms with E-state index in [0.717, 1.165) is 16.9 Å². The Labute approximate surface area is 180 Å². The van der Waals surface area contributed by atoms with Gasteiger partial charge in [-0.25, -0.2) is 0 Å². The average molecular weight is 429 g/mol. The molecular weight excluding hydrogens is 408 g/mol. The lowest BCUT2D eigenvalue weighted by Crippen LogP contribution is -2.41. The topological polar surface area (TPSA) is 63.5 Å². The standard InChI is InChI=1S/C22H21ClN2O3S/c1-14-3-8-18(11-15(14)2)27-13-21(26)25-22(29)24-12-19-9-10-20(28-19)16-4-6-17(23)7-5-16/h3-11H,12-13H2,1-2H3,(H2,24,25,26,29). The zero-order chi connectivity index (χ0) is 20.8. The fraction of sp³-hybridized carbons (Fsp3) is 0.182. The number of hydrogen-bond donors (Lipinski definition) is 2. The lowest BCUT2D eigenvalue weighted by atomic mass is 10.1. The molecule has 0 bridgehead atoms. The summed E-state index contributed by atoms with van der Waals surface area (Å²) in [5, 5.41) is 6.42. The Morgan fingerprint density at radius 1 is 1.07 bits per heavy atom. The molecule has 0 atom stereocenters. The molecule has 29 heavy (non-hydrogen) atoms. The molecule has 5 nitrogen and oxygen atoms in total. The number of nitrogens with one attached hydrogen (secondary N) is 2. The van der Waals surface area contributed by atoms with Crippen LogP contribution in [0.15, 0.2) is 59.0 Å². The van der Waals surface area contributed by atoms with Crippen LogP contribution in [0.3, 0.4) is 0 Å². The molecule has 0 saturated carbocycles. The van der Waals surface area contributed by atoms with Crippen LogP contribution in [0.1, 0.15) is 16.9 Å². The Morgan fingerprint density at radius 3 is 2.55 bits per heavy atom. The summed E-state index contributed by atoms with van der Waals surface area (Å²) in [6.45, 7) is 4.25. The summed E-state index contributed by atoms with van der Waals surface area (Å²) in [5.41, 5.74) is 3.21. The van der Waals surface area contributed by atoms with Gasteiger partial charge in [0, 0.05) is 10.6 Å². The van der Waals surface area contributed by atoms with Crippen LogP contribution in [0, 0.1) is 13.8 Å². The van der Waals surface area contributed by atoms with E-state index in [9.17, 15) is 4.79 Å². The van der Waals surface area contributed by atoms with Crippen molar-refractivity contribution in [1.82, 2.24) is 10.6 Å². The van der Waals surface area contributed by atoms with Gasteiger partial charge >= 0.3 is 0 Å². The molecule has 0 fully saturated rings. The number of rotatable bonds is 6. The normalized spacial score (nSPS) is 10.4. The van der Waals surface area contributed by atoms with E-state index < -0.39 is 0 Å². The number of benzene rings is 2. The minimum atomic E-state index is -0.331. The lowest BCUT2D eigenvalue weighted by Gasteiger charge is -2.10. The molecule has 3 rings (SSSR count). The van der Waals surface area contributed by atoms with Crippen LogP contribution in [-0.2, 0) is 11.3 Å². The molecular formula is C22H21ClN2O3S. The van der Waals surface area contributed by atoms with Crippen LogP contribution in [0.4, 0.5) is 0 Å². The first-order valence-corrected chi connectivity index (χ1v) is 9.82. The fourth-order valence-electron chi connectivity index (χ4n) is 2.57. The Balaban J connectivity index is 1.44. The van der Waals surface area contributed by atoms with Crippen LogP contribution in [0.25, 0.3) is 11.3 Å². The van der Waals surface area contributed by atoms with E-state index in [1.54, 1.807) is 0 Å². The maximum atomic E-state index is 12.0. The number of amides is 1. The van der Waals surface area contributed by atoms with Gasteiger partial charge in [0.15, 0.2) is 11.7 Å². The third-order valence-electron chi connectivity index (χ3n) is 4.31. The van der Waals surface area contributed by atoms with Gasteiger partial charge in [-0.3, -0.25) is 4.79 Å². The highest BCUT2D eigenvalue weighted by Gasteiger charge is 2.08. The van der Waals surface area contributed by atoms with Gasteiger partial charge in [-0.1, -0.05) is 17.7 Å². The molecule has 0 radical (unpaired) electrons. The van der Waals surface area contributed by atoms with E-state index in [4.69, 9.17) is 33.0 Å². The first-order chi connectivity index (χ1) is 13.9. The van der Waals surface area contributed by atoms with E-state index in [1.165, 1.54) is 5.56 Å². The molecule has 0 unspecified atom stereocenters. The zero-order valence-corrected chi connectivity index (χ0v) is 17.7. The van der Waals surface area contributed by atoms with Crippen molar-refractivity contribution in [1.29, 1.82) is 0 Å². The number of ether oxygens (including phenoxy) is 1. The van der Waals surface area contributed by atoms with Gasteiger partial charge in [-0.15, -0.1) is 0 Å². The molecule has 0 aliphatic rings. The van der Waals surface area contributed by atoms with E-state index in [1.807, 2.05) is 68.4 Å². The smallest absolute Gasteiger partial charge is 0.264 e. The molecule has 1 aromatic heterocycles. The number of carbonyl (C=O) groups excluding carboxylic acids is 1. The Hall–Kier alpha value is -2.83. The molecule has 0 spiro atoms. The van der Waals surface area contributed by atoms with Gasteiger partial charge in [0.25, 0.3) is 5.91 Å². The van der Waals surface area contributed by atoms with Crippen molar-refractivity contribution in [3.8, 4) is 17.1 Å². The van der Waals surface area contributed by atoms with Crippen LogP contribution >= 0.6 is 23.8 Å². The summed E-state index contributed by atoms with van der Waals surface area (Å²) in [6, 6.07) is 16.8. The van der Waals surface area contributed by atoms with Gasteiger partial charge in [0.1, 0.15) is 17.3 Å². The second-order valence-corrected chi connectivity index (χ2v) is 7.38. The maximum absolute atomic E-state index is 12.0. The van der Waals surface area contributed by atoms with E-state index >= 15 is 0 Å². The maximum Gasteiger partial charge on any atom is 0.264 e. The second-order valence-electron chi connectivity index (χ2n) is 6.54. The van der Waals surface area contributed by atoms with Crippen LogP contribution in [-0.4, -0.2) is 17.6 Å². The number of aryl methyl sites for hydroxylation is 2. The lowest BCUT2D eigenvalue weighted by molar-refractivity contribution is -0.121. The number of carbonyl (C=O) groups is 1. The fourth-order valence-corrected chi connectivity index (χ4v) is 2.88. The van der Waals surface area contributed by atoms with Crippen LogP contribution < -0.4 is 15.4 Å². The molecule has 2 N–H and O–H groups in total. The molecule has 1 heterocycles. The Bertz CT molecular complexity index is 1020. The van der Waals surface area contributed by atoms with Gasteiger partial charge in [0.2, 0.25) is 0 Å². The Morgan fingerprint density at radius 2 is 1.83 bits per heavy atom. The molecule has 150 valence electrons. The molecule has 3 aromatic rings. The van der Waals surface area contributed by atoms with Gasteiger partial charge < -0.3 is 19.8 Å². The van der Waals surface area contributed by atoms with Crippen molar-refractivity contribution in [2.24, 2.45) is 0 Å². The SMILES string of the molecule is Cc1ccc(OCC(=O)NC(=S)NCc2ccc(-c3ccc(Cl)cc3)o2)cc1C. The molecule has 0 aliphatic heterocycles. The monoisotopic (exact) mass is 428 g/mol. The van der Waals surface area contributed by atoms with Crippen molar-refractivity contribution < 1.29 is 13.9 Å². The molecule has 0 aliphatic carbocycles. The van der Waals surface area contributed by atoms with Crippen molar-refractivity contribution in [2.75, 3.05) is 6.61 Å². The number of hydrogen-bond acceptors (Lipinski definition) is 4. The van der Waals surface area contributed by atoms with E-state index in [-0.39, 0.29) is 17.6 Å². The molecule has 1 amide bonds. The summed E-state index contributed by atoms with van der Waals surface area (Å²) >= 11 is 11.1. The predicted molar refractivity (Wildman–Crippen MR) is 118 cm³/mol. The quantitative estimate of drug-likeness (QED) is 0.553. The summed E-state index contributed by atoms with van der Waals surface area (Å²) in [6.07, 6.45) is 0. The average Bonchev–Trinajstić information content (AvgIpc) is 3.17. The summed E-state index contributed by atoms with van der Waals surface area (Å²) in [7, 11) is 0. The number of thiocarbonyl (C=S) groups is 1. The highest BCUT2D eigenvalue weighted by molar-refractivity contribution is 7.80. The van der Waals surface area contributed by atoms with Crippen molar-refractivity contribution in [3.05, 3.63) is 76.5 Å². The first-order valence-electron chi connectivity index (χ1n) is 9.03. The van der Waals surface area contributed by atoms with Crippen molar-refractivity contribution in [3.63, 3.8) is 0 Å². The third kappa shape index (κ3) is 6.07. The van der Waals surface area contributed by atoms with Crippen LogP contribution in [0.2, 0.25) is 5.02 Å². The summed E-state index contributed by atoms with van der Waals surface area (Å²) in [5.74, 6) is 1.74. The largest absolute Gasteiger partial charge is 0.484 e. The second kappa shape index (κ2) is 9.58. The van der Waals surface area contributed by atoms with Crippen LogP contribution in [0.5, 0.6) is 5.75 Å². The third-order valence-corrected chi connectivity index (χ3v) is 4.81.